The topological polar surface area (TPSA) is 18.5 Å². The Balaban J connectivity index is 2.09. The van der Waals surface area contributed by atoms with Crippen LogP contribution in [0.1, 0.15) is 11.1 Å². The largest absolute Gasteiger partial charge is 0.434 e. The third-order valence-electron chi connectivity index (χ3n) is 2.72. The van der Waals surface area contributed by atoms with Crippen LogP contribution >= 0.6 is 8.38 Å². The third kappa shape index (κ3) is 2.12. The average Bonchev–Trinajstić information content (AvgIpc) is 2.83. The van der Waals surface area contributed by atoms with Gasteiger partial charge in [-0.15, -0.1) is 0 Å². The second-order valence-corrected chi connectivity index (χ2v) is 5.26. The van der Waals surface area contributed by atoms with Crippen molar-refractivity contribution in [1.82, 2.24) is 0 Å². The van der Waals surface area contributed by atoms with Crippen LogP contribution < -0.4 is 0 Å². The smallest absolute Gasteiger partial charge is 0.287 e. The van der Waals surface area contributed by atoms with Crippen LogP contribution in [0.15, 0.2) is 60.7 Å². The molecule has 90 valence electrons. The summed E-state index contributed by atoms with van der Waals surface area (Å²) >= 11 is 0. The normalized spacial score (nSPS) is 15.4. The zero-order valence-corrected chi connectivity index (χ0v) is 10.9. The van der Waals surface area contributed by atoms with Gasteiger partial charge in [0.05, 0.1) is 0 Å². The summed E-state index contributed by atoms with van der Waals surface area (Å²) in [5.74, 6) is 1.69. The van der Waals surface area contributed by atoms with Crippen molar-refractivity contribution in [2.24, 2.45) is 0 Å². The van der Waals surface area contributed by atoms with Gasteiger partial charge in [0.1, 0.15) is 0 Å². The monoisotopic (exact) mass is 256 g/mol. The van der Waals surface area contributed by atoms with Crippen molar-refractivity contribution in [1.29, 1.82) is 0 Å². The van der Waals surface area contributed by atoms with E-state index in [9.17, 15) is 0 Å². The van der Waals surface area contributed by atoms with Gasteiger partial charge < -0.3 is 9.05 Å². The van der Waals surface area contributed by atoms with Crippen LogP contribution in [0.3, 0.4) is 0 Å². The van der Waals surface area contributed by atoms with Crippen LogP contribution in [0, 0.1) is 0 Å². The summed E-state index contributed by atoms with van der Waals surface area (Å²) in [6, 6.07) is 20.2. The average molecular weight is 256 g/mol. The van der Waals surface area contributed by atoms with E-state index in [1.807, 2.05) is 67.3 Å². The second-order valence-electron chi connectivity index (χ2n) is 4.01. The van der Waals surface area contributed by atoms with E-state index in [1.54, 1.807) is 0 Å². The highest BCUT2D eigenvalue weighted by atomic mass is 31.2. The predicted octanol–water partition coefficient (Wildman–Crippen LogP) is 4.50. The molecule has 0 fully saturated rings. The van der Waals surface area contributed by atoms with E-state index in [0.717, 1.165) is 22.6 Å². The highest BCUT2D eigenvalue weighted by molar-refractivity contribution is 7.47. The summed E-state index contributed by atoms with van der Waals surface area (Å²) in [7, 11) is -0.865. The Morgan fingerprint density at radius 1 is 0.667 bits per heavy atom. The lowest BCUT2D eigenvalue weighted by molar-refractivity contribution is 0.507. The number of rotatable bonds is 2. The van der Waals surface area contributed by atoms with Gasteiger partial charge in [-0.3, -0.25) is 0 Å². The first-order chi connectivity index (χ1) is 8.84. The lowest BCUT2D eigenvalue weighted by Gasteiger charge is -2.03. The maximum absolute atomic E-state index is 5.84. The molecule has 3 heteroatoms. The van der Waals surface area contributed by atoms with Crippen molar-refractivity contribution in [2.45, 2.75) is 0 Å². The molecule has 0 radical (unpaired) electrons. The van der Waals surface area contributed by atoms with Crippen molar-refractivity contribution in [2.75, 3.05) is 6.66 Å². The van der Waals surface area contributed by atoms with Gasteiger partial charge in [-0.1, -0.05) is 60.7 Å². The molecule has 0 aromatic heterocycles. The van der Waals surface area contributed by atoms with Gasteiger partial charge in [-0.2, -0.15) is 0 Å². The molecule has 18 heavy (non-hydrogen) atoms. The standard InChI is InChI=1S/C15H13O2P/c1-18-16-14(12-8-4-2-5-9-12)15(17-18)13-10-6-3-7-11-13/h2-11H,1H3. The number of hydrogen-bond acceptors (Lipinski definition) is 2. The Morgan fingerprint density at radius 3 is 1.44 bits per heavy atom. The van der Waals surface area contributed by atoms with Crippen molar-refractivity contribution in [3.05, 3.63) is 71.8 Å². The molecule has 0 amide bonds. The fourth-order valence-corrected chi connectivity index (χ4v) is 2.83. The number of benzene rings is 2. The highest BCUT2D eigenvalue weighted by Gasteiger charge is 2.27. The highest BCUT2D eigenvalue weighted by Crippen LogP contribution is 2.53. The maximum Gasteiger partial charge on any atom is 0.287 e. The minimum Gasteiger partial charge on any atom is -0.434 e. The second kappa shape index (κ2) is 4.83. The molecule has 0 bridgehead atoms. The molecule has 1 aliphatic heterocycles. The Kier molecular flexibility index (Phi) is 3.04. The van der Waals surface area contributed by atoms with Crippen LogP contribution in [0.2, 0.25) is 0 Å². The molecule has 0 N–H and O–H groups in total. The van der Waals surface area contributed by atoms with Gasteiger partial charge in [-0.05, 0) is 0 Å². The Bertz CT molecular complexity index is 512. The van der Waals surface area contributed by atoms with Gasteiger partial charge in [0.25, 0.3) is 8.38 Å². The first kappa shape index (κ1) is 11.3. The molecule has 0 atom stereocenters. The van der Waals surface area contributed by atoms with Crippen LogP contribution in [0.4, 0.5) is 0 Å². The van der Waals surface area contributed by atoms with E-state index in [4.69, 9.17) is 9.05 Å². The minimum absolute atomic E-state index is 0.843. The molecule has 0 aliphatic carbocycles. The van der Waals surface area contributed by atoms with Crippen LogP contribution in [0.5, 0.6) is 0 Å². The molecule has 0 saturated carbocycles. The molecule has 2 aromatic rings. The summed E-state index contributed by atoms with van der Waals surface area (Å²) < 4.78 is 11.7. The molecule has 2 nitrogen and oxygen atoms in total. The minimum atomic E-state index is -0.865. The van der Waals surface area contributed by atoms with Gasteiger partial charge in [0, 0.05) is 17.8 Å². The molecular weight excluding hydrogens is 243 g/mol. The number of hydrogen-bond donors (Lipinski definition) is 0. The molecule has 0 spiro atoms. The lowest BCUT2D eigenvalue weighted by atomic mass is 10.1. The van der Waals surface area contributed by atoms with E-state index < -0.39 is 8.38 Å². The van der Waals surface area contributed by atoms with E-state index in [0.29, 0.717) is 0 Å². The summed E-state index contributed by atoms with van der Waals surface area (Å²) in [6.07, 6.45) is 0. The quantitative estimate of drug-likeness (QED) is 0.736. The Hall–Kier alpha value is -1.79. The van der Waals surface area contributed by atoms with E-state index in [2.05, 4.69) is 0 Å². The van der Waals surface area contributed by atoms with Crippen LogP contribution in [0.25, 0.3) is 11.5 Å². The Morgan fingerprint density at radius 2 is 1.06 bits per heavy atom. The lowest BCUT2D eigenvalue weighted by Crippen LogP contribution is -1.87. The molecule has 1 aliphatic rings. The van der Waals surface area contributed by atoms with Gasteiger partial charge in [0.15, 0.2) is 11.5 Å². The predicted molar refractivity (Wildman–Crippen MR) is 74.7 cm³/mol. The summed E-state index contributed by atoms with van der Waals surface area (Å²) in [5, 5.41) is 0. The van der Waals surface area contributed by atoms with Crippen LogP contribution in [-0.2, 0) is 9.05 Å². The first-order valence-corrected chi connectivity index (χ1v) is 7.42. The van der Waals surface area contributed by atoms with Crippen molar-refractivity contribution < 1.29 is 9.05 Å². The Labute approximate surface area is 108 Å². The van der Waals surface area contributed by atoms with Crippen molar-refractivity contribution in [3.63, 3.8) is 0 Å². The maximum atomic E-state index is 5.84. The summed E-state index contributed by atoms with van der Waals surface area (Å²) in [6.45, 7) is 1.97. The van der Waals surface area contributed by atoms with Gasteiger partial charge >= 0.3 is 0 Å². The van der Waals surface area contributed by atoms with E-state index in [1.165, 1.54) is 0 Å². The molecule has 0 saturated heterocycles. The SMILES string of the molecule is CP1OC(c2ccccc2)=C(c2ccccc2)O1. The van der Waals surface area contributed by atoms with E-state index >= 15 is 0 Å². The van der Waals surface area contributed by atoms with Gasteiger partial charge in [-0.25, -0.2) is 0 Å². The van der Waals surface area contributed by atoms with Crippen molar-refractivity contribution >= 4 is 19.9 Å². The third-order valence-corrected chi connectivity index (χ3v) is 3.60. The summed E-state index contributed by atoms with van der Waals surface area (Å²) in [4.78, 5) is 0. The molecule has 2 aromatic carbocycles. The fraction of sp³-hybridized carbons (Fsp3) is 0.0667. The van der Waals surface area contributed by atoms with Crippen LogP contribution in [-0.4, -0.2) is 6.66 Å². The zero-order valence-electron chi connectivity index (χ0n) is 10.0. The van der Waals surface area contributed by atoms with Gasteiger partial charge in [0.2, 0.25) is 0 Å². The summed E-state index contributed by atoms with van der Waals surface area (Å²) in [5.41, 5.74) is 2.12. The van der Waals surface area contributed by atoms with E-state index in [-0.39, 0.29) is 0 Å². The zero-order chi connectivity index (χ0) is 12.4. The molecular formula is C15H13O2P. The first-order valence-electron chi connectivity index (χ1n) is 5.79. The fourth-order valence-electron chi connectivity index (χ4n) is 1.91. The molecule has 3 rings (SSSR count). The molecule has 0 unspecified atom stereocenters. The van der Waals surface area contributed by atoms with Crippen molar-refractivity contribution in [3.8, 4) is 0 Å². The molecule has 1 heterocycles.